The van der Waals surface area contributed by atoms with Gasteiger partial charge in [0.2, 0.25) is 5.91 Å². The summed E-state index contributed by atoms with van der Waals surface area (Å²) in [5, 5.41) is 3.26. The predicted molar refractivity (Wildman–Crippen MR) is 124 cm³/mol. The van der Waals surface area contributed by atoms with Crippen molar-refractivity contribution in [3.8, 4) is 17.0 Å². The first kappa shape index (κ1) is 25.1. The molecule has 6 nitrogen and oxygen atoms in total. The first-order chi connectivity index (χ1) is 16.6. The van der Waals surface area contributed by atoms with Crippen molar-refractivity contribution < 1.29 is 27.1 Å². The molecular formula is C23H20Cl2F4N4O2. The molecule has 0 spiro atoms. The van der Waals surface area contributed by atoms with Gasteiger partial charge in [-0.1, -0.05) is 35.3 Å². The van der Waals surface area contributed by atoms with Crippen LogP contribution < -0.4 is 9.64 Å². The molecule has 1 aliphatic heterocycles. The molecule has 0 bridgehead atoms. The third kappa shape index (κ3) is 5.18. The summed E-state index contributed by atoms with van der Waals surface area (Å²) in [7, 11) is 1.52. The van der Waals surface area contributed by atoms with Crippen LogP contribution in [0.4, 0.5) is 23.2 Å². The number of ether oxygens (including phenoxy) is 1. The van der Waals surface area contributed by atoms with Crippen LogP contribution in [0.1, 0.15) is 5.69 Å². The number of amides is 1. The topological polar surface area (TPSA) is 50.6 Å². The van der Waals surface area contributed by atoms with Gasteiger partial charge in [0.1, 0.15) is 18.1 Å². The largest absolute Gasteiger partial charge is 0.495 e. The molecule has 1 fully saturated rings. The number of halogens is 6. The Labute approximate surface area is 208 Å². The minimum atomic E-state index is -4.86. The third-order valence-corrected chi connectivity index (χ3v) is 6.38. The molecule has 0 radical (unpaired) electrons. The number of alkyl halides is 3. The second-order valence-corrected chi connectivity index (χ2v) is 8.62. The van der Waals surface area contributed by atoms with Gasteiger partial charge in [0.25, 0.3) is 0 Å². The summed E-state index contributed by atoms with van der Waals surface area (Å²) >= 11 is 12.1. The van der Waals surface area contributed by atoms with Crippen LogP contribution in [-0.4, -0.2) is 53.9 Å². The number of benzene rings is 2. The summed E-state index contributed by atoms with van der Waals surface area (Å²) in [6.45, 7) is 1.13. The molecule has 2 heterocycles. The van der Waals surface area contributed by atoms with Crippen LogP contribution in [0.25, 0.3) is 11.3 Å². The van der Waals surface area contributed by atoms with Crippen molar-refractivity contribution in [3.05, 3.63) is 64.0 Å². The smallest absolute Gasteiger partial charge is 0.436 e. The van der Waals surface area contributed by atoms with Crippen molar-refractivity contribution in [1.82, 2.24) is 14.7 Å². The van der Waals surface area contributed by atoms with Crippen LogP contribution >= 0.6 is 23.2 Å². The van der Waals surface area contributed by atoms with E-state index in [1.54, 1.807) is 12.1 Å². The van der Waals surface area contributed by atoms with Crippen molar-refractivity contribution in [1.29, 1.82) is 0 Å². The summed E-state index contributed by atoms with van der Waals surface area (Å²) in [5.41, 5.74) is -0.965. The average molecular weight is 531 g/mol. The van der Waals surface area contributed by atoms with E-state index in [2.05, 4.69) is 5.10 Å². The molecule has 1 saturated heterocycles. The second kappa shape index (κ2) is 9.94. The first-order valence-corrected chi connectivity index (χ1v) is 11.3. The van der Waals surface area contributed by atoms with E-state index in [1.165, 1.54) is 30.2 Å². The molecule has 3 aromatic rings. The van der Waals surface area contributed by atoms with Gasteiger partial charge in [-0.15, -0.1) is 0 Å². The lowest BCUT2D eigenvalue weighted by atomic mass is 10.1. The molecular weight excluding hydrogens is 511 g/mol. The van der Waals surface area contributed by atoms with E-state index < -0.39 is 35.2 Å². The van der Waals surface area contributed by atoms with Gasteiger partial charge in [0.05, 0.1) is 22.8 Å². The zero-order chi connectivity index (χ0) is 25.3. The number of piperazine rings is 1. The lowest BCUT2D eigenvalue weighted by Crippen LogP contribution is -2.49. The molecule has 0 N–H and O–H groups in total. The fourth-order valence-corrected chi connectivity index (χ4v) is 4.47. The number of rotatable bonds is 5. The standard InChI is InChI=1S/C23H20Cl2F4N4O2/c1-35-18-12-14(6-7-16(18)24)31-8-10-32(11-9-31)19(34)13-33-21(15-4-2-3-5-17(15)26)20(25)22(30-33)23(27,28)29/h2-7,12H,8-11,13H2,1H3. The summed E-state index contributed by atoms with van der Waals surface area (Å²) in [5.74, 6) is -0.702. The maximum absolute atomic E-state index is 14.4. The van der Waals surface area contributed by atoms with Gasteiger partial charge in [0.15, 0.2) is 5.69 Å². The maximum Gasteiger partial charge on any atom is 0.436 e. The molecule has 0 unspecified atom stereocenters. The van der Waals surface area contributed by atoms with Crippen molar-refractivity contribution in [3.63, 3.8) is 0 Å². The lowest BCUT2D eigenvalue weighted by Gasteiger charge is -2.36. The highest BCUT2D eigenvalue weighted by Gasteiger charge is 2.40. The van der Waals surface area contributed by atoms with Crippen LogP contribution in [0.2, 0.25) is 10.0 Å². The summed E-state index contributed by atoms with van der Waals surface area (Å²) in [6.07, 6.45) is -4.86. The molecule has 1 aromatic heterocycles. The highest BCUT2D eigenvalue weighted by Crippen LogP contribution is 2.40. The molecule has 12 heteroatoms. The van der Waals surface area contributed by atoms with E-state index in [-0.39, 0.29) is 11.3 Å². The van der Waals surface area contributed by atoms with Gasteiger partial charge in [-0.05, 0) is 24.3 Å². The fraction of sp³-hybridized carbons (Fsp3) is 0.304. The Morgan fingerprint density at radius 2 is 1.77 bits per heavy atom. The monoisotopic (exact) mass is 530 g/mol. The Bertz CT molecular complexity index is 1240. The predicted octanol–water partition coefficient (Wildman–Crippen LogP) is 5.37. The number of anilines is 1. The summed E-state index contributed by atoms with van der Waals surface area (Å²) in [4.78, 5) is 16.6. The van der Waals surface area contributed by atoms with E-state index in [9.17, 15) is 22.4 Å². The molecule has 186 valence electrons. The van der Waals surface area contributed by atoms with Gasteiger partial charge in [-0.3, -0.25) is 9.48 Å². The molecule has 2 aromatic carbocycles. The fourth-order valence-electron chi connectivity index (χ4n) is 3.93. The minimum Gasteiger partial charge on any atom is -0.495 e. The molecule has 0 atom stereocenters. The lowest BCUT2D eigenvalue weighted by molar-refractivity contribution is -0.142. The van der Waals surface area contributed by atoms with Gasteiger partial charge in [-0.2, -0.15) is 18.3 Å². The zero-order valence-corrected chi connectivity index (χ0v) is 20.0. The quantitative estimate of drug-likeness (QED) is 0.416. The van der Waals surface area contributed by atoms with Crippen LogP contribution in [0.15, 0.2) is 42.5 Å². The Morgan fingerprint density at radius 3 is 2.40 bits per heavy atom. The molecule has 1 aliphatic rings. The number of hydrogen-bond acceptors (Lipinski definition) is 4. The van der Waals surface area contributed by atoms with E-state index in [0.717, 1.165) is 16.4 Å². The second-order valence-electron chi connectivity index (χ2n) is 7.83. The molecule has 4 rings (SSSR count). The molecule has 0 saturated carbocycles. The number of nitrogens with zero attached hydrogens (tertiary/aromatic N) is 4. The molecule has 0 aliphatic carbocycles. The van der Waals surface area contributed by atoms with Crippen molar-refractivity contribution >= 4 is 34.8 Å². The SMILES string of the molecule is COc1cc(N2CCN(C(=O)Cn3nc(C(F)(F)F)c(Cl)c3-c3ccccc3F)CC2)ccc1Cl. The van der Waals surface area contributed by atoms with Gasteiger partial charge >= 0.3 is 6.18 Å². The van der Waals surface area contributed by atoms with E-state index >= 15 is 0 Å². The zero-order valence-electron chi connectivity index (χ0n) is 18.5. The van der Waals surface area contributed by atoms with Gasteiger partial charge in [0, 0.05) is 43.5 Å². The van der Waals surface area contributed by atoms with E-state index in [0.29, 0.717) is 37.0 Å². The van der Waals surface area contributed by atoms with Crippen LogP contribution in [0.5, 0.6) is 5.75 Å². The van der Waals surface area contributed by atoms with E-state index in [4.69, 9.17) is 27.9 Å². The van der Waals surface area contributed by atoms with Crippen LogP contribution in [-0.2, 0) is 17.5 Å². The van der Waals surface area contributed by atoms with E-state index in [1.807, 2.05) is 11.0 Å². The third-order valence-electron chi connectivity index (χ3n) is 5.71. The highest BCUT2D eigenvalue weighted by molar-refractivity contribution is 6.34. The Kier molecular flexibility index (Phi) is 7.14. The van der Waals surface area contributed by atoms with Crippen molar-refractivity contribution in [2.24, 2.45) is 0 Å². The number of aromatic nitrogens is 2. The highest BCUT2D eigenvalue weighted by atomic mass is 35.5. The first-order valence-electron chi connectivity index (χ1n) is 10.5. The maximum atomic E-state index is 14.4. The molecule has 35 heavy (non-hydrogen) atoms. The normalized spacial score (nSPS) is 14.4. The number of carbonyl (C=O) groups is 1. The minimum absolute atomic E-state index is 0.171. The Morgan fingerprint density at radius 1 is 1.09 bits per heavy atom. The summed E-state index contributed by atoms with van der Waals surface area (Å²) in [6, 6.07) is 10.6. The van der Waals surface area contributed by atoms with Crippen LogP contribution in [0, 0.1) is 5.82 Å². The summed E-state index contributed by atoms with van der Waals surface area (Å²) < 4.78 is 60.9. The average Bonchev–Trinajstić information content (AvgIpc) is 3.15. The van der Waals surface area contributed by atoms with Crippen molar-refractivity contribution in [2.45, 2.75) is 12.7 Å². The van der Waals surface area contributed by atoms with Crippen LogP contribution in [0.3, 0.4) is 0 Å². The Hall–Kier alpha value is -2.98. The molecule has 1 amide bonds. The number of carbonyl (C=O) groups excluding carboxylic acids is 1. The number of methoxy groups -OCH3 is 1. The Balaban J connectivity index is 1.53. The van der Waals surface area contributed by atoms with Gasteiger partial charge < -0.3 is 14.5 Å². The van der Waals surface area contributed by atoms with Gasteiger partial charge in [-0.25, -0.2) is 4.39 Å². The van der Waals surface area contributed by atoms with Crippen molar-refractivity contribution in [2.75, 3.05) is 38.2 Å². The number of hydrogen-bond donors (Lipinski definition) is 0.